The number of carbonyl (C=O) groups is 1. The fourth-order valence-electron chi connectivity index (χ4n) is 2.27. The summed E-state index contributed by atoms with van der Waals surface area (Å²) >= 11 is 0. The third-order valence-corrected chi connectivity index (χ3v) is 3.13. The molecule has 1 aliphatic rings. The zero-order chi connectivity index (χ0) is 11.7. The predicted octanol–water partition coefficient (Wildman–Crippen LogP) is 2.42. The first-order valence-corrected chi connectivity index (χ1v) is 5.81. The van der Waals surface area contributed by atoms with Gasteiger partial charge >= 0.3 is 0 Å². The number of hydrogen-bond acceptors (Lipinski definition) is 4. The van der Waals surface area contributed by atoms with Crippen molar-refractivity contribution in [2.24, 2.45) is 0 Å². The summed E-state index contributed by atoms with van der Waals surface area (Å²) in [5.74, 6) is 0.653. The highest BCUT2D eigenvalue weighted by molar-refractivity contribution is 5.91. The second kappa shape index (κ2) is 4.37. The largest absolute Gasteiger partial charge is 0.446 e. The first-order chi connectivity index (χ1) is 7.59. The Morgan fingerprint density at radius 1 is 1.62 bits per heavy atom. The minimum absolute atomic E-state index is 0.0379. The molecule has 2 rings (SSSR count). The van der Waals surface area contributed by atoms with E-state index in [4.69, 9.17) is 4.42 Å². The summed E-state index contributed by atoms with van der Waals surface area (Å²) in [5, 5.41) is 0. The number of carbonyl (C=O) groups excluding carboxylic acids is 1. The number of rotatable bonds is 3. The molecule has 1 unspecified atom stereocenters. The van der Waals surface area contributed by atoms with Gasteiger partial charge in [0.05, 0.1) is 6.04 Å². The number of nitrogens with zero attached hydrogens (tertiary/aromatic N) is 2. The topological polar surface area (TPSA) is 46.3 Å². The Balaban J connectivity index is 2.19. The van der Waals surface area contributed by atoms with Gasteiger partial charge in [-0.2, -0.15) is 0 Å². The maximum Gasteiger partial charge on any atom is 0.212 e. The van der Waals surface area contributed by atoms with Gasteiger partial charge in [0.1, 0.15) is 12.0 Å². The molecular weight excluding hydrogens is 204 g/mol. The SMILES string of the molecule is CC(=O)c1coc(C2CCCN2C(C)C)n1. The van der Waals surface area contributed by atoms with Crippen molar-refractivity contribution in [2.75, 3.05) is 6.54 Å². The lowest BCUT2D eigenvalue weighted by molar-refractivity contribution is 0.101. The minimum Gasteiger partial charge on any atom is -0.446 e. The molecule has 16 heavy (non-hydrogen) atoms. The lowest BCUT2D eigenvalue weighted by Gasteiger charge is -2.25. The van der Waals surface area contributed by atoms with Crippen LogP contribution in [0.2, 0.25) is 0 Å². The average Bonchev–Trinajstić information content (AvgIpc) is 2.86. The van der Waals surface area contributed by atoms with Gasteiger partial charge < -0.3 is 4.42 Å². The van der Waals surface area contributed by atoms with Crippen molar-refractivity contribution in [1.29, 1.82) is 0 Å². The molecule has 0 saturated carbocycles. The van der Waals surface area contributed by atoms with E-state index in [1.54, 1.807) is 0 Å². The summed E-state index contributed by atoms with van der Waals surface area (Å²) in [6.07, 6.45) is 3.70. The van der Waals surface area contributed by atoms with E-state index in [1.165, 1.54) is 19.6 Å². The molecule has 0 radical (unpaired) electrons. The summed E-state index contributed by atoms with van der Waals surface area (Å²) in [5.41, 5.74) is 0.436. The van der Waals surface area contributed by atoms with Crippen LogP contribution in [0.25, 0.3) is 0 Å². The maximum atomic E-state index is 11.2. The van der Waals surface area contributed by atoms with Crippen LogP contribution in [0, 0.1) is 0 Å². The average molecular weight is 222 g/mol. The molecule has 2 heterocycles. The third-order valence-electron chi connectivity index (χ3n) is 3.13. The van der Waals surface area contributed by atoms with Gasteiger partial charge in [0, 0.05) is 13.0 Å². The number of Topliss-reactive ketones (excluding diaryl/α,β-unsaturated/α-hetero) is 1. The van der Waals surface area contributed by atoms with Gasteiger partial charge in [0.2, 0.25) is 5.89 Å². The van der Waals surface area contributed by atoms with Gasteiger partial charge in [-0.3, -0.25) is 9.69 Å². The fraction of sp³-hybridized carbons (Fsp3) is 0.667. The number of likely N-dealkylation sites (tertiary alicyclic amines) is 1. The molecule has 4 heteroatoms. The second-order valence-electron chi connectivity index (χ2n) is 4.62. The van der Waals surface area contributed by atoms with Crippen molar-refractivity contribution in [3.05, 3.63) is 17.8 Å². The van der Waals surface area contributed by atoms with Crippen LogP contribution in [0.4, 0.5) is 0 Å². The highest BCUT2D eigenvalue weighted by Gasteiger charge is 2.31. The molecule has 0 N–H and O–H groups in total. The normalized spacial score (nSPS) is 21.9. The van der Waals surface area contributed by atoms with Gasteiger partial charge in [0.15, 0.2) is 5.78 Å². The van der Waals surface area contributed by atoms with Crippen molar-refractivity contribution >= 4 is 5.78 Å². The van der Waals surface area contributed by atoms with Crippen LogP contribution in [0.1, 0.15) is 56.0 Å². The molecular formula is C12H18N2O2. The Kier molecular flexibility index (Phi) is 3.10. The molecule has 1 aromatic heterocycles. The van der Waals surface area contributed by atoms with E-state index >= 15 is 0 Å². The summed E-state index contributed by atoms with van der Waals surface area (Å²) in [7, 11) is 0. The Labute approximate surface area is 95.6 Å². The summed E-state index contributed by atoms with van der Waals surface area (Å²) < 4.78 is 5.42. The highest BCUT2D eigenvalue weighted by atomic mass is 16.3. The number of aromatic nitrogens is 1. The van der Waals surface area contributed by atoms with Gasteiger partial charge in [-0.1, -0.05) is 0 Å². The van der Waals surface area contributed by atoms with E-state index in [0.29, 0.717) is 17.6 Å². The molecule has 1 aromatic rings. The standard InChI is InChI=1S/C12H18N2O2/c1-8(2)14-6-4-5-11(14)12-13-10(7-16-12)9(3)15/h7-8,11H,4-6H2,1-3H3. The first-order valence-electron chi connectivity index (χ1n) is 5.81. The van der Waals surface area contributed by atoms with E-state index in [9.17, 15) is 4.79 Å². The van der Waals surface area contributed by atoms with Crippen LogP contribution in [0.3, 0.4) is 0 Å². The van der Waals surface area contributed by atoms with Crippen molar-refractivity contribution in [3.63, 3.8) is 0 Å². The van der Waals surface area contributed by atoms with Crippen LogP contribution >= 0.6 is 0 Å². The predicted molar refractivity (Wildman–Crippen MR) is 60.3 cm³/mol. The molecule has 0 aromatic carbocycles. The summed E-state index contributed by atoms with van der Waals surface area (Å²) in [4.78, 5) is 17.8. The lowest BCUT2D eigenvalue weighted by Crippen LogP contribution is -2.30. The zero-order valence-corrected chi connectivity index (χ0v) is 10.1. The van der Waals surface area contributed by atoms with E-state index in [2.05, 4.69) is 23.7 Å². The quantitative estimate of drug-likeness (QED) is 0.737. The van der Waals surface area contributed by atoms with Crippen LogP contribution < -0.4 is 0 Å². The number of oxazole rings is 1. The molecule has 0 aliphatic carbocycles. The van der Waals surface area contributed by atoms with Crippen LogP contribution in [-0.4, -0.2) is 28.3 Å². The van der Waals surface area contributed by atoms with Crippen LogP contribution in [0.15, 0.2) is 10.7 Å². The molecule has 1 fully saturated rings. The molecule has 1 saturated heterocycles. The molecule has 0 bridgehead atoms. The van der Waals surface area contributed by atoms with E-state index in [-0.39, 0.29) is 11.8 Å². The van der Waals surface area contributed by atoms with Crippen molar-refractivity contribution < 1.29 is 9.21 Å². The van der Waals surface area contributed by atoms with E-state index in [0.717, 1.165) is 13.0 Å². The Morgan fingerprint density at radius 3 is 2.94 bits per heavy atom. The van der Waals surface area contributed by atoms with Crippen molar-refractivity contribution in [3.8, 4) is 0 Å². The van der Waals surface area contributed by atoms with Gasteiger partial charge in [-0.05, 0) is 33.2 Å². The van der Waals surface area contributed by atoms with E-state index < -0.39 is 0 Å². The highest BCUT2D eigenvalue weighted by Crippen LogP contribution is 2.32. The van der Waals surface area contributed by atoms with Crippen molar-refractivity contribution in [1.82, 2.24) is 9.88 Å². The van der Waals surface area contributed by atoms with Gasteiger partial charge in [-0.15, -0.1) is 0 Å². The van der Waals surface area contributed by atoms with Gasteiger partial charge in [0.25, 0.3) is 0 Å². The lowest BCUT2D eigenvalue weighted by atomic mass is 10.2. The molecule has 4 nitrogen and oxygen atoms in total. The first kappa shape index (κ1) is 11.3. The molecule has 1 aliphatic heterocycles. The van der Waals surface area contributed by atoms with Crippen molar-refractivity contribution in [2.45, 2.75) is 45.7 Å². The summed E-state index contributed by atoms with van der Waals surface area (Å²) in [6, 6.07) is 0.730. The van der Waals surface area contributed by atoms with Gasteiger partial charge in [-0.25, -0.2) is 4.98 Å². The molecule has 0 amide bonds. The minimum atomic E-state index is -0.0379. The zero-order valence-electron chi connectivity index (χ0n) is 10.1. The Hall–Kier alpha value is -1.16. The van der Waals surface area contributed by atoms with Crippen LogP contribution in [-0.2, 0) is 0 Å². The number of ketones is 1. The number of hydrogen-bond donors (Lipinski definition) is 0. The second-order valence-corrected chi connectivity index (χ2v) is 4.62. The molecule has 88 valence electrons. The molecule has 1 atom stereocenters. The summed E-state index contributed by atoms with van der Waals surface area (Å²) in [6.45, 7) is 6.94. The fourth-order valence-corrected chi connectivity index (χ4v) is 2.27. The molecule has 0 spiro atoms. The van der Waals surface area contributed by atoms with Crippen LogP contribution in [0.5, 0.6) is 0 Å². The maximum absolute atomic E-state index is 11.2. The third kappa shape index (κ3) is 2.02. The Morgan fingerprint density at radius 2 is 2.38 bits per heavy atom. The monoisotopic (exact) mass is 222 g/mol. The smallest absolute Gasteiger partial charge is 0.212 e. The van der Waals surface area contributed by atoms with E-state index in [1.807, 2.05) is 0 Å². The Bertz CT molecular complexity index is 384.